The van der Waals surface area contributed by atoms with Gasteiger partial charge in [0.25, 0.3) is 5.56 Å². The summed E-state index contributed by atoms with van der Waals surface area (Å²) in [6, 6.07) is 9.34. The SMILES string of the molecule is Cc1ccc(SCC(=O)OCc2cc(=O)n3nc(C4CC4)sc3n2)cc1. The normalized spacial score (nSPS) is 13.9. The van der Waals surface area contributed by atoms with Crippen LogP contribution in [0.5, 0.6) is 0 Å². The third kappa shape index (κ3) is 3.96. The molecule has 0 amide bonds. The number of aromatic nitrogens is 3. The van der Waals surface area contributed by atoms with Gasteiger partial charge in [-0.25, -0.2) is 4.98 Å². The van der Waals surface area contributed by atoms with E-state index in [-0.39, 0.29) is 23.9 Å². The summed E-state index contributed by atoms with van der Waals surface area (Å²) < 4.78 is 6.59. The molecule has 134 valence electrons. The van der Waals surface area contributed by atoms with E-state index in [9.17, 15) is 9.59 Å². The summed E-state index contributed by atoms with van der Waals surface area (Å²) in [6.07, 6.45) is 2.25. The highest BCUT2D eigenvalue weighted by atomic mass is 32.2. The number of rotatable bonds is 6. The van der Waals surface area contributed by atoms with Gasteiger partial charge in [-0.05, 0) is 31.9 Å². The van der Waals surface area contributed by atoms with Crippen molar-refractivity contribution >= 4 is 34.0 Å². The van der Waals surface area contributed by atoms with Crippen LogP contribution >= 0.6 is 23.1 Å². The summed E-state index contributed by atoms with van der Waals surface area (Å²) in [6.45, 7) is 2.02. The van der Waals surface area contributed by atoms with Gasteiger partial charge in [-0.3, -0.25) is 9.59 Å². The molecule has 26 heavy (non-hydrogen) atoms. The van der Waals surface area contributed by atoms with Crippen LogP contribution in [0, 0.1) is 6.92 Å². The molecule has 1 fully saturated rings. The number of thioether (sulfide) groups is 1. The molecule has 2 heterocycles. The summed E-state index contributed by atoms with van der Waals surface area (Å²) in [5.74, 6) is 0.359. The van der Waals surface area contributed by atoms with E-state index in [1.54, 1.807) is 0 Å². The van der Waals surface area contributed by atoms with Crippen molar-refractivity contribution in [3.05, 3.63) is 57.0 Å². The first-order chi connectivity index (χ1) is 12.6. The number of hydrogen-bond acceptors (Lipinski definition) is 7. The Kier molecular flexibility index (Phi) is 4.78. The first-order valence-corrected chi connectivity index (χ1v) is 10.1. The maximum Gasteiger partial charge on any atom is 0.316 e. The summed E-state index contributed by atoms with van der Waals surface area (Å²) in [5, 5.41) is 5.29. The minimum absolute atomic E-state index is 0.00427. The predicted molar refractivity (Wildman–Crippen MR) is 101 cm³/mol. The lowest BCUT2D eigenvalue weighted by molar-refractivity contribution is -0.141. The number of hydrogen-bond donors (Lipinski definition) is 0. The Morgan fingerprint density at radius 2 is 2.12 bits per heavy atom. The maximum atomic E-state index is 12.2. The number of ether oxygens (including phenoxy) is 1. The molecular weight excluding hydrogens is 370 g/mol. The zero-order valence-corrected chi connectivity index (χ0v) is 15.8. The molecule has 1 saturated carbocycles. The lowest BCUT2D eigenvalue weighted by Crippen LogP contribution is -2.17. The highest BCUT2D eigenvalue weighted by Crippen LogP contribution is 2.41. The van der Waals surface area contributed by atoms with Gasteiger partial charge in [0, 0.05) is 16.9 Å². The third-order valence-corrected chi connectivity index (χ3v) is 6.06. The van der Waals surface area contributed by atoms with Gasteiger partial charge in [0.1, 0.15) is 11.6 Å². The second-order valence-electron chi connectivity index (χ2n) is 6.26. The molecule has 8 heteroatoms. The van der Waals surface area contributed by atoms with Crippen LogP contribution in [0.25, 0.3) is 4.96 Å². The van der Waals surface area contributed by atoms with Crippen LogP contribution in [-0.2, 0) is 16.1 Å². The van der Waals surface area contributed by atoms with Crippen LogP contribution in [0.15, 0.2) is 40.0 Å². The number of esters is 1. The molecule has 0 unspecified atom stereocenters. The van der Waals surface area contributed by atoms with E-state index in [1.807, 2.05) is 31.2 Å². The van der Waals surface area contributed by atoms with Gasteiger partial charge in [-0.2, -0.15) is 9.61 Å². The van der Waals surface area contributed by atoms with Crippen molar-refractivity contribution in [1.82, 2.24) is 14.6 Å². The van der Waals surface area contributed by atoms with Crippen molar-refractivity contribution in [2.24, 2.45) is 0 Å². The second kappa shape index (κ2) is 7.20. The van der Waals surface area contributed by atoms with Gasteiger partial charge in [0.15, 0.2) is 0 Å². The van der Waals surface area contributed by atoms with E-state index in [0.29, 0.717) is 16.6 Å². The van der Waals surface area contributed by atoms with E-state index in [1.165, 1.54) is 39.2 Å². The summed E-state index contributed by atoms with van der Waals surface area (Å²) >= 11 is 2.86. The molecule has 0 bridgehead atoms. The number of fused-ring (bicyclic) bond motifs is 1. The number of aryl methyl sites for hydroxylation is 1. The van der Waals surface area contributed by atoms with Crippen molar-refractivity contribution in [2.45, 2.75) is 37.2 Å². The van der Waals surface area contributed by atoms with Crippen molar-refractivity contribution in [3.63, 3.8) is 0 Å². The number of carbonyl (C=O) groups is 1. The van der Waals surface area contributed by atoms with Crippen LogP contribution in [0.3, 0.4) is 0 Å². The molecule has 0 N–H and O–H groups in total. The Hall–Kier alpha value is -2.19. The molecule has 6 nitrogen and oxygen atoms in total. The summed E-state index contributed by atoms with van der Waals surface area (Å²) in [7, 11) is 0. The molecule has 2 aromatic heterocycles. The van der Waals surface area contributed by atoms with Crippen LogP contribution in [-0.4, -0.2) is 26.3 Å². The number of carbonyl (C=O) groups excluding carboxylic acids is 1. The largest absolute Gasteiger partial charge is 0.459 e. The van der Waals surface area contributed by atoms with Crippen LogP contribution in [0.4, 0.5) is 0 Å². The fourth-order valence-corrected chi connectivity index (χ4v) is 4.20. The van der Waals surface area contributed by atoms with E-state index in [0.717, 1.165) is 22.7 Å². The molecule has 0 aliphatic heterocycles. The molecule has 3 aromatic rings. The number of benzene rings is 1. The average molecular weight is 387 g/mol. The Morgan fingerprint density at radius 3 is 2.85 bits per heavy atom. The maximum absolute atomic E-state index is 12.2. The molecule has 4 rings (SSSR count). The van der Waals surface area contributed by atoms with Crippen molar-refractivity contribution in [2.75, 3.05) is 5.75 Å². The van der Waals surface area contributed by atoms with Gasteiger partial charge < -0.3 is 4.74 Å². The van der Waals surface area contributed by atoms with Gasteiger partial charge in [0.05, 0.1) is 11.4 Å². The quantitative estimate of drug-likeness (QED) is 0.478. The smallest absolute Gasteiger partial charge is 0.316 e. The average Bonchev–Trinajstić information content (AvgIpc) is 3.39. The molecular formula is C18H17N3O3S2. The first-order valence-electron chi connectivity index (χ1n) is 8.33. The Bertz CT molecular complexity index is 1010. The van der Waals surface area contributed by atoms with E-state index >= 15 is 0 Å². The third-order valence-electron chi connectivity index (χ3n) is 4.00. The fraction of sp³-hybridized carbons (Fsp3) is 0.333. The summed E-state index contributed by atoms with van der Waals surface area (Å²) in [5.41, 5.74) is 1.39. The minimum Gasteiger partial charge on any atom is -0.459 e. The van der Waals surface area contributed by atoms with Crippen molar-refractivity contribution in [3.8, 4) is 0 Å². The highest BCUT2D eigenvalue weighted by Gasteiger charge is 2.28. The zero-order chi connectivity index (χ0) is 18.1. The highest BCUT2D eigenvalue weighted by molar-refractivity contribution is 8.00. The molecule has 0 radical (unpaired) electrons. The topological polar surface area (TPSA) is 73.6 Å². The first kappa shape index (κ1) is 17.2. The van der Waals surface area contributed by atoms with E-state index in [4.69, 9.17) is 4.74 Å². The minimum atomic E-state index is -0.333. The molecule has 0 atom stereocenters. The van der Waals surface area contributed by atoms with Gasteiger partial charge in [0.2, 0.25) is 4.96 Å². The Labute approximate surface area is 158 Å². The molecule has 0 spiro atoms. The molecule has 1 aliphatic carbocycles. The van der Waals surface area contributed by atoms with Crippen LogP contribution in [0.1, 0.15) is 35.0 Å². The molecule has 1 aliphatic rings. The Morgan fingerprint density at radius 1 is 1.35 bits per heavy atom. The van der Waals surface area contributed by atoms with Gasteiger partial charge in [-0.15, -0.1) is 11.8 Å². The monoisotopic (exact) mass is 387 g/mol. The molecule has 0 saturated heterocycles. The second-order valence-corrected chi connectivity index (χ2v) is 8.29. The predicted octanol–water partition coefficient (Wildman–Crippen LogP) is 3.17. The van der Waals surface area contributed by atoms with E-state index in [2.05, 4.69) is 10.1 Å². The number of nitrogens with zero attached hydrogens (tertiary/aromatic N) is 3. The van der Waals surface area contributed by atoms with Crippen molar-refractivity contribution < 1.29 is 9.53 Å². The lowest BCUT2D eigenvalue weighted by Gasteiger charge is -2.05. The standard InChI is InChI=1S/C18H17N3O3S2/c1-11-2-6-14(7-3-11)25-10-16(23)24-9-13-8-15(22)21-18(19-13)26-17(20-21)12-4-5-12/h2-3,6-8,12H,4-5,9-10H2,1H3. The van der Waals surface area contributed by atoms with Crippen LogP contribution < -0.4 is 5.56 Å². The van der Waals surface area contributed by atoms with Crippen molar-refractivity contribution in [1.29, 1.82) is 0 Å². The van der Waals surface area contributed by atoms with Crippen LogP contribution in [0.2, 0.25) is 0 Å². The fourth-order valence-electron chi connectivity index (χ4n) is 2.41. The lowest BCUT2D eigenvalue weighted by atomic mass is 10.2. The summed E-state index contributed by atoms with van der Waals surface area (Å²) in [4.78, 5) is 30.1. The van der Waals surface area contributed by atoms with Gasteiger partial charge >= 0.3 is 5.97 Å². The van der Waals surface area contributed by atoms with E-state index < -0.39 is 0 Å². The Balaban J connectivity index is 1.36. The van der Waals surface area contributed by atoms with Gasteiger partial charge in [-0.1, -0.05) is 29.0 Å². The molecule has 1 aromatic carbocycles. The zero-order valence-electron chi connectivity index (χ0n) is 14.2.